The number of morpholine rings is 1. The van der Waals surface area contributed by atoms with Crippen LogP contribution >= 0.6 is 11.6 Å². The summed E-state index contributed by atoms with van der Waals surface area (Å²) in [6.45, 7) is 3.54. The minimum Gasteiger partial charge on any atom is -0.366 e. The minimum absolute atomic E-state index is 0.0230. The number of ether oxygens (including phenoxy) is 1. The SMILES string of the molecule is O=C(C1CN(S(=O)(=O)c2ccccc2Cl)CCO1)N1CCN(C2CCC2)CC1. The molecule has 0 radical (unpaired) electrons. The molecule has 7 nitrogen and oxygen atoms in total. The van der Waals surface area contributed by atoms with Crippen LogP contribution in [0.15, 0.2) is 29.2 Å². The molecule has 1 unspecified atom stereocenters. The van der Waals surface area contributed by atoms with E-state index in [0.717, 1.165) is 13.1 Å². The molecule has 2 aliphatic heterocycles. The molecule has 0 spiro atoms. The van der Waals surface area contributed by atoms with E-state index in [0.29, 0.717) is 19.1 Å². The van der Waals surface area contributed by atoms with Crippen LogP contribution < -0.4 is 0 Å². The Bertz CT molecular complexity index is 822. The van der Waals surface area contributed by atoms with Crippen molar-refractivity contribution in [2.75, 3.05) is 45.9 Å². The summed E-state index contributed by atoms with van der Waals surface area (Å²) in [7, 11) is -3.76. The van der Waals surface area contributed by atoms with Gasteiger partial charge in [-0.2, -0.15) is 4.31 Å². The Labute approximate surface area is 171 Å². The third kappa shape index (κ3) is 3.93. The molecule has 3 aliphatic rings. The summed E-state index contributed by atoms with van der Waals surface area (Å²) in [5.74, 6) is -0.118. The number of carbonyl (C=O) groups is 1. The van der Waals surface area contributed by atoms with Gasteiger partial charge in [0, 0.05) is 45.3 Å². The van der Waals surface area contributed by atoms with Gasteiger partial charge in [-0.05, 0) is 25.0 Å². The van der Waals surface area contributed by atoms with Crippen molar-refractivity contribution in [1.82, 2.24) is 14.1 Å². The van der Waals surface area contributed by atoms with Gasteiger partial charge in [-0.15, -0.1) is 0 Å². The molecule has 1 saturated carbocycles. The molecule has 9 heteroatoms. The van der Waals surface area contributed by atoms with E-state index in [4.69, 9.17) is 16.3 Å². The topological polar surface area (TPSA) is 70.2 Å². The number of hydrogen-bond donors (Lipinski definition) is 0. The van der Waals surface area contributed by atoms with E-state index in [1.165, 1.54) is 29.6 Å². The number of halogens is 1. The molecule has 4 rings (SSSR count). The van der Waals surface area contributed by atoms with Gasteiger partial charge in [0.05, 0.1) is 11.6 Å². The summed E-state index contributed by atoms with van der Waals surface area (Å²) < 4.78 is 32.9. The number of carbonyl (C=O) groups excluding carboxylic acids is 1. The first-order chi connectivity index (χ1) is 13.5. The molecular weight excluding hydrogens is 402 g/mol. The predicted octanol–water partition coefficient (Wildman–Crippen LogP) is 1.43. The normalized spacial score (nSPS) is 25.5. The Morgan fingerprint density at radius 2 is 1.79 bits per heavy atom. The lowest BCUT2D eigenvalue weighted by atomic mass is 9.91. The Kier molecular flexibility index (Phi) is 5.94. The lowest BCUT2D eigenvalue weighted by molar-refractivity contribution is -0.149. The lowest BCUT2D eigenvalue weighted by Gasteiger charge is -2.44. The summed E-state index contributed by atoms with van der Waals surface area (Å²) >= 11 is 6.09. The highest BCUT2D eigenvalue weighted by Crippen LogP contribution is 2.27. The Balaban J connectivity index is 1.39. The van der Waals surface area contributed by atoms with Crippen LogP contribution in [0.2, 0.25) is 5.02 Å². The number of sulfonamides is 1. The number of rotatable bonds is 4. The van der Waals surface area contributed by atoms with E-state index in [9.17, 15) is 13.2 Å². The largest absolute Gasteiger partial charge is 0.366 e. The maximum Gasteiger partial charge on any atom is 0.253 e. The van der Waals surface area contributed by atoms with Crippen LogP contribution in [0, 0.1) is 0 Å². The maximum absolute atomic E-state index is 13.0. The third-order valence-electron chi connectivity index (χ3n) is 5.98. The lowest BCUT2D eigenvalue weighted by Crippen LogP contribution is -2.58. The third-order valence-corrected chi connectivity index (χ3v) is 8.34. The van der Waals surface area contributed by atoms with Crippen molar-refractivity contribution in [1.29, 1.82) is 0 Å². The molecule has 1 aromatic rings. The molecular formula is C19H26ClN3O4S. The Morgan fingerprint density at radius 1 is 1.07 bits per heavy atom. The second-order valence-corrected chi connectivity index (χ2v) is 9.91. The van der Waals surface area contributed by atoms with Crippen LogP contribution in [0.1, 0.15) is 19.3 Å². The number of amides is 1. The van der Waals surface area contributed by atoms with E-state index in [2.05, 4.69) is 4.90 Å². The van der Waals surface area contributed by atoms with Gasteiger partial charge in [-0.25, -0.2) is 8.42 Å². The zero-order valence-electron chi connectivity index (χ0n) is 15.8. The molecule has 2 heterocycles. The molecule has 28 heavy (non-hydrogen) atoms. The summed E-state index contributed by atoms with van der Waals surface area (Å²) in [4.78, 5) is 17.3. The number of piperazine rings is 1. The molecule has 0 N–H and O–H groups in total. The van der Waals surface area contributed by atoms with Crippen molar-refractivity contribution in [2.45, 2.75) is 36.3 Å². The standard InChI is InChI=1S/C19H26ClN3O4S/c20-16-6-1-2-7-18(16)28(25,26)23-12-13-27-17(14-23)19(24)22-10-8-21(9-11-22)15-4-3-5-15/h1-2,6-7,15,17H,3-5,8-14H2. The highest BCUT2D eigenvalue weighted by Gasteiger charge is 2.38. The van der Waals surface area contributed by atoms with Crippen LogP contribution in [0.25, 0.3) is 0 Å². The van der Waals surface area contributed by atoms with E-state index in [1.807, 2.05) is 4.90 Å². The highest BCUT2D eigenvalue weighted by molar-refractivity contribution is 7.89. The second-order valence-electron chi connectivity index (χ2n) is 7.60. The fourth-order valence-electron chi connectivity index (χ4n) is 4.05. The predicted molar refractivity (Wildman–Crippen MR) is 106 cm³/mol. The minimum atomic E-state index is -3.76. The molecule has 1 aromatic carbocycles. The monoisotopic (exact) mass is 427 g/mol. The van der Waals surface area contributed by atoms with E-state index in [-0.39, 0.29) is 35.5 Å². The molecule has 0 bridgehead atoms. The average molecular weight is 428 g/mol. The zero-order chi connectivity index (χ0) is 19.7. The van der Waals surface area contributed by atoms with Crippen molar-refractivity contribution in [3.63, 3.8) is 0 Å². The summed E-state index contributed by atoms with van der Waals surface area (Å²) in [6, 6.07) is 7.06. The Morgan fingerprint density at radius 3 is 2.43 bits per heavy atom. The summed E-state index contributed by atoms with van der Waals surface area (Å²) in [5.41, 5.74) is 0. The van der Waals surface area contributed by atoms with Gasteiger partial charge in [-0.3, -0.25) is 9.69 Å². The zero-order valence-corrected chi connectivity index (χ0v) is 17.4. The highest BCUT2D eigenvalue weighted by atomic mass is 35.5. The quantitative estimate of drug-likeness (QED) is 0.727. The average Bonchev–Trinajstić information content (AvgIpc) is 2.67. The smallest absolute Gasteiger partial charge is 0.253 e. The van der Waals surface area contributed by atoms with Crippen molar-refractivity contribution >= 4 is 27.5 Å². The van der Waals surface area contributed by atoms with E-state index >= 15 is 0 Å². The van der Waals surface area contributed by atoms with Crippen LogP contribution in [0.5, 0.6) is 0 Å². The summed E-state index contributed by atoms with van der Waals surface area (Å²) in [6.07, 6.45) is 3.06. The fourth-order valence-corrected chi connectivity index (χ4v) is 5.97. The maximum atomic E-state index is 13.0. The molecule has 1 atom stereocenters. The van der Waals surface area contributed by atoms with Crippen molar-refractivity contribution in [3.05, 3.63) is 29.3 Å². The van der Waals surface area contributed by atoms with Gasteiger partial charge in [-0.1, -0.05) is 30.2 Å². The van der Waals surface area contributed by atoms with Crippen LogP contribution in [0.3, 0.4) is 0 Å². The fraction of sp³-hybridized carbons (Fsp3) is 0.632. The van der Waals surface area contributed by atoms with Crippen LogP contribution in [-0.2, 0) is 19.6 Å². The van der Waals surface area contributed by atoms with Crippen molar-refractivity contribution < 1.29 is 17.9 Å². The molecule has 3 fully saturated rings. The molecule has 154 valence electrons. The van der Waals surface area contributed by atoms with Gasteiger partial charge < -0.3 is 9.64 Å². The van der Waals surface area contributed by atoms with Crippen LogP contribution in [-0.4, -0.2) is 86.5 Å². The molecule has 2 saturated heterocycles. The number of hydrogen-bond acceptors (Lipinski definition) is 5. The first-order valence-corrected chi connectivity index (χ1v) is 11.7. The van der Waals surface area contributed by atoms with Gasteiger partial charge in [0.25, 0.3) is 5.91 Å². The van der Waals surface area contributed by atoms with Gasteiger partial charge in [0.1, 0.15) is 11.0 Å². The summed E-state index contributed by atoms with van der Waals surface area (Å²) in [5, 5.41) is 0.184. The second kappa shape index (κ2) is 8.28. The molecule has 0 aromatic heterocycles. The van der Waals surface area contributed by atoms with E-state index in [1.54, 1.807) is 18.2 Å². The first kappa shape index (κ1) is 20.1. The Hall–Kier alpha value is -1.19. The number of benzene rings is 1. The van der Waals surface area contributed by atoms with Crippen LogP contribution in [0.4, 0.5) is 0 Å². The first-order valence-electron chi connectivity index (χ1n) is 9.86. The number of nitrogens with zero attached hydrogens (tertiary/aromatic N) is 3. The van der Waals surface area contributed by atoms with Gasteiger partial charge in [0.2, 0.25) is 10.0 Å². The van der Waals surface area contributed by atoms with Crippen molar-refractivity contribution in [2.24, 2.45) is 0 Å². The van der Waals surface area contributed by atoms with Gasteiger partial charge >= 0.3 is 0 Å². The van der Waals surface area contributed by atoms with Crippen molar-refractivity contribution in [3.8, 4) is 0 Å². The molecule has 1 aliphatic carbocycles. The van der Waals surface area contributed by atoms with Gasteiger partial charge in [0.15, 0.2) is 0 Å². The molecule has 1 amide bonds. The van der Waals surface area contributed by atoms with E-state index < -0.39 is 16.1 Å².